The summed E-state index contributed by atoms with van der Waals surface area (Å²) in [5.74, 6) is 0.543. The van der Waals surface area contributed by atoms with Crippen LogP contribution in [0.2, 0.25) is 0 Å². The highest BCUT2D eigenvalue weighted by atomic mass is 32.2. The molecule has 0 unspecified atom stereocenters. The fourth-order valence-electron chi connectivity index (χ4n) is 2.78. The summed E-state index contributed by atoms with van der Waals surface area (Å²) in [6.07, 6.45) is 0.843. The molecule has 1 heterocycles. The van der Waals surface area contributed by atoms with E-state index in [9.17, 15) is 4.79 Å². The molecule has 134 valence electrons. The smallest absolute Gasteiger partial charge is 0.230 e. The largest absolute Gasteiger partial charge is 0.355 e. The average Bonchev–Trinajstić information content (AvgIpc) is 3.10. The Balaban J connectivity index is 1.55. The van der Waals surface area contributed by atoms with E-state index in [1.807, 2.05) is 12.1 Å². The van der Waals surface area contributed by atoms with Gasteiger partial charge in [-0.25, -0.2) is 4.68 Å². The van der Waals surface area contributed by atoms with E-state index >= 15 is 0 Å². The van der Waals surface area contributed by atoms with Crippen molar-refractivity contribution in [3.63, 3.8) is 0 Å². The molecule has 0 spiro atoms. The molecule has 0 aliphatic heterocycles. The summed E-state index contributed by atoms with van der Waals surface area (Å²) in [6.45, 7) is 0.616. The first kappa shape index (κ1) is 18.1. The Morgan fingerprint density at radius 1 is 1.08 bits per heavy atom. The van der Waals surface area contributed by atoms with E-state index in [1.165, 1.54) is 22.9 Å². The summed E-state index contributed by atoms with van der Waals surface area (Å²) >= 11 is 1.33. The second-order valence-electron chi connectivity index (χ2n) is 5.89. The van der Waals surface area contributed by atoms with Crippen LogP contribution in [0.3, 0.4) is 0 Å². The zero-order valence-electron chi connectivity index (χ0n) is 14.6. The number of aryl methyl sites for hydroxylation is 1. The van der Waals surface area contributed by atoms with Gasteiger partial charge < -0.3 is 5.32 Å². The highest BCUT2D eigenvalue weighted by Gasteiger charge is 2.14. The molecule has 1 amide bonds. The molecule has 0 saturated heterocycles. The second-order valence-corrected chi connectivity index (χ2v) is 6.83. The first-order chi connectivity index (χ1) is 12.7. The number of hydrogen-bond acceptors (Lipinski definition) is 5. The fraction of sp³-hybridized carbons (Fsp3) is 0.263. The number of tetrazole rings is 1. The Morgan fingerprint density at radius 3 is 2.23 bits per heavy atom. The fourth-order valence-corrected chi connectivity index (χ4v) is 3.46. The summed E-state index contributed by atoms with van der Waals surface area (Å²) in [5.41, 5.74) is 2.51. The lowest BCUT2D eigenvalue weighted by atomic mass is 9.88. The van der Waals surface area contributed by atoms with E-state index in [0.717, 1.165) is 6.42 Å². The maximum absolute atomic E-state index is 12.1. The minimum atomic E-state index is -0.0159. The summed E-state index contributed by atoms with van der Waals surface area (Å²) in [5, 5.41) is 14.8. The quantitative estimate of drug-likeness (QED) is 0.620. The van der Waals surface area contributed by atoms with Crippen molar-refractivity contribution in [2.75, 3.05) is 12.3 Å². The van der Waals surface area contributed by atoms with Crippen LogP contribution in [0.4, 0.5) is 0 Å². The Hall–Kier alpha value is -2.67. The number of amides is 1. The van der Waals surface area contributed by atoms with Crippen LogP contribution in [0, 0.1) is 0 Å². The number of carbonyl (C=O) groups is 1. The third-order valence-electron chi connectivity index (χ3n) is 4.07. The molecular weight excluding hydrogens is 346 g/mol. The summed E-state index contributed by atoms with van der Waals surface area (Å²) in [7, 11) is 1.75. The molecule has 0 saturated carbocycles. The Labute approximate surface area is 157 Å². The van der Waals surface area contributed by atoms with Gasteiger partial charge in [0, 0.05) is 19.5 Å². The molecule has 6 nitrogen and oxygen atoms in total. The van der Waals surface area contributed by atoms with Crippen LogP contribution in [0.25, 0.3) is 0 Å². The average molecular weight is 367 g/mol. The topological polar surface area (TPSA) is 72.7 Å². The lowest BCUT2D eigenvalue weighted by molar-refractivity contribution is -0.118. The molecule has 26 heavy (non-hydrogen) atoms. The maximum Gasteiger partial charge on any atom is 0.230 e. The molecule has 0 fully saturated rings. The first-order valence-corrected chi connectivity index (χ1v) is 9.44. The number of nitrogens with zero attached hydrogens (tertiary/aromatic N) is 4. The van der Waals surface area contributed by atoms with Gasteiger partial charge in [0.15, 0.2) is 0 Å². The normalized spacial score (nSPS) is 10.8. The van der Waals surface area contributed by atoms with Crippen molar-refractivity contribution in [2.24, 2.45) is 7.05 Å². The van der Waals surface area contributed by atoms with Gasteiger partial charge in [0.2, 0.25) is 11.1 Å². The second kappa shape index (κ2) is 9.15. The van der Waals surface area contributed by atoms with Crippen LogP contribution >= 0.6 is 11.8 Å². The number of rotatable bonds is 8. The molecule has 0 bridgehead atoms. The Kier molecular flexibility index (Phi) is 6.38. The van der Waals surface area contributed by atoms with E-state index < -0.39 is 0 Å². The SMILES string of the molecule is Cn1nnnc1SCC(=O)NCCC(c1ccccc1)c1ccccc1. The van der Waals surface area contributed by atoms with Crippen LogP contribution in [-0.2, 0) is 11.8 Å². The van der Waals surface area contributed by atoms with Gasteiger partial charge in [-0.3, -0.25) is 4.79 Å². The van der Waals surface area contributed by atoms with Gasteiger partial charge in [0.1, 0.15) is 0 Å². The molecule has 3 rings (SSSR count). The monoisotopic (exact) mass is 367 g/mol. The zero-order valence-corrected chi connectivity index (χ0v) is 15.4. The molecule has 0 atom stereocenters. The lowest BCUT2D eigenvalue weighted by Gasteiger charge is -2.18. The zero-order chi connectivity index (χ0) is 18.2. The van der Waals surface area contributed by atoms with Gasteiger partial charge in [0.25, 0.3) is 0 Å². The maximum atomic E-state index is 12.1. The van der Waals surface area contributed by atoms with E-state index in [2.05, 4.69) is 69.4 Å². The van der Waals surface area contributed by atoms with Crippen LogP contribution in [-0.4, -0.2) is 38.4 Å². The minimum absolute atomic E-state index is 0.0159. The van der Waals surface area contributed by atoms with E-state index in [4.69, 9.17) is 0 Å². The van der Waals surface area contributed by atoms with Gasteiger partial charge >= 0.3 is 0 Å². The minimum Gasteiger partial charge on any atom is -0.355 e. The van der Waals surface area contributed by atoms with Crippen molar-refractivity contribution in [1.29, 1.82) is 0 Å². The summed E-state index contributed by atoms with van der Waals surface area (Å²) < 4.78 is 1.55. The van der Waals surface area contributed by atoms with Crippen molar-refractivity contribution in [3.8, 4) is 0 Å². The molecule has 0 radical (unpaired) electrons. The number of nitrogens with one attached hydrogen (secondary N) is 1. The van der Waals surface area contributed by atoms with E-state index in [0.29, 0.717) is 17.5 Å². The molecule has 7 heteroatoms. The van der Waals surface area contributed by atoms with Crippen molar-refractivity contribution in [1.82, 2.24) is 25.5 Å². The Morgan fingerprint density at radius 2 is 1.69 bits per heavy atom. The van der Waals surface area contributed by atoms with E-state index in [1.54, 1.807) is 11.7 Å². The number of aromatic nitrogens is 4. The van der Waals surface area contributed by atoms with Gasteiger partial charge in [0.05, 0.1) is 5.75 Å². The number of thioether (sulfide) groups is 1. The number of carbonyl (C=O) groups excluding carboxylic acids is 1. The first-order valence-electron chi connectivity index (χ1n) is 8.46. The van der Waals surface area contributed by atoms with Crippen molar-refractivity contribution in [3.05, 3.63) is 71.8 Å². The van der Waals surface area contributed by atoms with Gasteiger partial charge in [-0.05, 0) is 28.0 Å². The van der Waals surface area contributed by atoms with Crippen LogP contribution in [0.5, 0.6) is 0 Å². The predicted octanol–water partition coefficient (Wildman–Crippen LogP) is 2.64. The van der Waals surface area contributed by atoms with Crippen LogP contribution < -0.4 is 5.32 Å². The molecular formula is C19H21N5OS. The van der Waals surface area contributed by atoms with Crippen molar-refractivity contribution < 1.29 is 4.79 Å². The summed E-state index contributed by atoms with van der Waals surface area (Å²) in [4.78, 5) is 12.1. The Bertz CT molecular complexity index is 783. The molecule has 0 aliphatic carbocycles. The van der Waals surface area contributed by atoms with Crippen molar-refractivity contribution in [2.45, 2.75) is 17.5 Å². The third kappa shape index (κ3) is 4.92. The molecule has 3 aromatic rings. The van der Waals surface area contributed by atoms with Gasteiger partial charge in [-0.1, -0.05) is 72.4 Å². The third-order valence-corrected chi connectivity index (χ3v) is 5.08. The van der Waals surface area contributed by atoms with Gasteiger partial charge in [-0.2, -0.15) is 0 Å². The molecule has 0 aliphatic rings. The van der Waals surface area contributed by atoms with Crippen molar-refractivity contribution >= 4 is 17.7 Å². The molecule has 2 aromatic carbocycles. The molecule has 1 aromatic heterocycles. The standard InChI is InChI=1S/C19H21N5OS/c1-24-19(21-22-23-24)26-14-18(25)20-13-12-17(15-8-4-2-5-9-15)16-10-6-3-7-11-16/h2-11,17H,12-14H2,1H3,(H,20,25). The number of benzene rings is 2. The number of hydrogen-bond donors (Lipinski definition) is 1. The van der Waals surface area contributed by atoms with E-state index in [-0.39, 0.29) is 11.8 Å². The highest BCUT2D eigenvalue weighted by Crippen LogP contribution is 2.27. The molecule has 1 N–H and O–H groups in total. The van der Waals surface area contributed by atoms with Crippen LogP contribution in [0.1, 0.15) is 23.5 Å². The van der Waals surface area contributed by atoms with Gasteiger partial charge in [-0.15, -0.1) is 5.10 Å². The summed E-state index contributed by atoms with van der Waals surface area (Å²) in [6, 6.07) is 20.8. The van der Waals surface area contributed by atoms with Crippen LogP contribution in [0.15, 0.2) is 65.8 Å². The predicted molar refractivity (Wildman–Crippen MR) is 102 cm³/mol. The lowest BCUT2D eigenvalue weighted by Crippen LogP contribution is -2.27. The highest BCUT2D eigenvalue weighted by molar-refractivity contribution is 7.99.